The van der Waals surface area contributed by atoms with E-state index in [4.69, 9.17) is 29.9 Å². The van der Waals surface area contributed by atoms with E-state index in [0.29, 0.717) is 35.1 Å². The van der Waals surface area contributed by atoms with E-state index in [1.807, 2.05) is 91.0 Å². The van der Waals surface area contributed by atoms with Crippen molar-refractivity contribution in [3.63, 3.8) is 0 Å². The van der Waals surface area contributed by atoms with Gasteiger partial charge in [0.05, 0.1) is 27.8 Å². The molecule has 0 saturated heterocycles. The molecule has 13 aromatic rings. The van der Waals surface area contributed by atoms with Crippen LogP contribution in [0.5, 0.6) is 0 Å². The molecule has 0 spiro atoms. The number of hydrogen-bond acceptors (Lipinski definition) is 6. The van der Waals surface area contributed by atoms with Crippen molar-refractivity contribution in [2.75, 3.05) is 0 Å². The lowest BCUT2D eigenvalue weighted by molar-refractivity contribution is 0.953. The largest absolute Gasteiger partial charge is 0.306 e. The molecule has 8 nitrogen and oxygen atoms in total. The lowest BCUT2D eigenvalue weighted by atomic mass is 9.99. The average Bonchev–Trinajstić information content (AvgIpc) is 3.95. The monoisotopic (exact) mass is 870 g/mol. The number of nitrogens with zero attached hydrogens (tertiary/aromatic N) is 8. The van der Waals surface area contributed by atoms with Crippen LogP contribution in [0, 0.1) is 0 Å². The maximum atomic E-state index is 5.47. The molecule has 0 aliphatic heterocycles. The average molecular weight is 871 g/mol. The summed E-state index contributed by atoms with van der Waals surface area (Å²) in [6, 6.07) is 79.2. The zero-order valence-corrected chi connectivity index (χ0v) is 36.5. The smallest absolute Gasteiger partial charge is 0.238 e. The Morgan fingerprint density at radius 3 is 1.16 bits per heavy atom. The van der Waals surface area contributed by atoms with Crippen molar-refractivity contribution in [3.8, 4) is 79.7 Å². The first-order valence-corrected chi connectivity index (χ1v) is 22.6. The SMILES string of the molecule is c1ccc(-c2nc(-c3ccccc3)nc(-c3ccccc3-n3c4ccccc4c4ccc5c6ccccc6n(-c6nc(-c7ccccc7)nc(-c7ccccc7-c7ccccc7)n6)c5c43)n2)cc1. The molecule has 0 atom stereocenters. The van der Waals surface area contributed by atoms with E-state index < -0.39 is 0 Å². The van der Waals surface area contributed by atoms with Crippen molar-refractivity contribution >= 4 is 43.6 Å². The van der Waals surface area contributed by atoms with Gasteiger partial charge in [0.2, 0.25) is 5.95 Å². The predicted octanol–water partition coefficient (Wildman–Crippen LogP) is 14.3. The van der Waals surface area contributed by atoms with Crippen LogP contribution in [-0.2, 0) is 0 Å². The molecule has 68 heavy (non-hydrogen) atoms. The molecule has 318 valence electrons. The molecule has 4 aromatic heterocycles. The van der Waals surface area contributed by atoms with Crippen LogP contribution in [0.2, 0.25) is 0 Å². The molecule has 0 amide bonds. The standard InChI is InChI=1S/C60H38N8/c1-5-21-39(22-6-1)43-29-13-14-32-48(43)58-64-57(42-27-11-4-12-28-42)65-60(66-58)68-51-35-19-16-31-45(51)47-38-37-46-44-30-15-18-34-50(44)67(53(46)54(47)68)52-36-20-17-33-49(52)59-62-55(40-23-7-2-8-24-40)61-56(63-59)41-25-9-3-10-26-41/h1-38H. The second-order valence-corrected chi connectivity index (χ2v) is 16.7. The van der Waals surface area contributed by atoms with Crippen LogP contribution >= 0.6 is 0 Å². The lowest BCUT2D eigenvalue weighted by Crippen LogP contribution is -2.08. The minimum Gasteiger partial charge on any atom is -0.306 e. The topological polar surface area (TPSA) is 87.2 Å². The first-order chi connectivity index (χ1) is 33.7. The van der Waals surface area contributed by atoms with Crippen molar-refractivity contribution in [3.05, 3.63) is 231 Å². The molecular weight excluding hydrogens is 833 g/mol. The van der Waals surface area contributed by atoms with E-state index in [2.05, 4.69) is 149 Å². The van der Waals surface area contributed by atoms with Gasteiger partial charge in [0.1, 0.15) is 0 Å². The number of hydrogen-bond donors (Lipinski definition) is 0. The zero-order chi connectivity index (χ0) is 45.0. The van der Waals surface area contributed by atoms with E-state index in [0.717, 1.165) is 88.2 Å². The summed E-state index contributed by atoms with van der Waals surface area (Å²) >= 11 is 0. The van der Waals surface area contributed by atoms with Crippen LogP contribution < -0.4 is 0 Å². The van der Waals surface area contributed by atoms with Gasteiger partial charge >= 0.3 is 0 Å². The Bertz CT molecular complexity index is 3960. The third kappa shape index (κ3) is 6.54. The van der Waals surface area contributed by atoms with Crippen molar-refractivity contribution in [1.29, 1.82) is 0 Å². The first-order valence-electron chi connectivity index (χ1n) is 22.6. The fourth-order valence-electron chi connectivity index (χ4n) is 9.59. The molecule has 0 aliphatic rings. The highest BCUT2D eigenvalue weighted by Crippen LogP contribution is 2.43. The first kappa shape index (κ1) is 39.0. The van der Waals surface area contributed by atoms with Gasteiger partial charge in [-0.1, -0.05) is 206 Å². The fourth-order valence-corrected chi connectivity index (χ4v) is 9.59. The summed E-state index contributed by atoms with van der Waals surface area (Å²) in [6.07, 6.45) is 0. The van der Waals surface area contributed by atoms with E-state index in [1.54, 1.807) is 0 Å². The zero-order valence-electron chi connectivity index (χ0n) is 36.5. The number of aromatic nitrogens is 8. The van der Waals surface area contributed by atoms with Gasteiger partial charge in [0, 0.05) is 49.4 Å². The predicted molar refractivity (Wildman–Crippen MR) is 275 cm³/mol. The third-order valence-corrected chi connectivity index (χ3v) is 12.7. The summed E-state index contributed by atoms with van der Waals surface area (Å²) in [5.41, 5.74) is 11.5. The summed E-state index contributed by atoms with van der Waals surface area (Å²) in [5.74, 6) is 3.44. The maximum absolute atomic E-state index is 5.47. The Balaban J connectivity index is 1.13. The molecule has 9 aromatic carbocycles. The molecule has 0 aliphatic carbocycles. The Morgan fingerprint density at radius 2 is 0.603 bits per heavy atom. The van der Waals surface area contributed by atoms with Crippen LogP contribution in [0.1, 0.15) is 0 Å². The highest BCUT2D eigenvalue weighted by atomic mass is 15.2. The van der Waals surface area contributed by atoms with Gasteiger partial charge in [-0.3, -0.25) is 4.57 Å². The minimum absolute atomic E-state index is 0.512. The highest BCUT2D eigenvalue weighted by molar-refractivity contribution is 6.24. The quantitative estimate of drug-likeness (QED) is 0.151. The Hall–Kier alpha value is -9.40. The van der Waals surface area contributed by atoms with Gasteiger partial charge in [-0.15, -0.1) is 0 Å². The highest BCUT2D eigenvalue weighted by Gasteiger charge is 2.26. The normalized spacial score (nSPS) is 11.5. The molecule has 0 N–H and O–H groups in total. The summed E-state index contributed by atoms with van der Waals surface area (Å²) in [7, 11) is 0. The van der Waals surface area contributed by atoms with Crippen LogP contribution in [0.25, 0.3) is 123 Å². The third-order valence-electron chi connectivity index (χ3n) is 12.7. The van der Waals surface area contributed by atoms with Gasteiger partial charge in [-0.25, -0.2) is 19.9 Å². The molecule has 0 bridgehead atoms. The molecule has 13 rings (SSSR count). The summed E-state index contributed by atoms with van der Waals surface area (Å²) in [5, 5.41) is 4.35. The molecule has 0 fully saturated rings. The Morgan fingerprint density at radius 1 is 0.235 bits per heavy atom. The van der Waals surface area contributed by atoms with Crippen molar-refractivity contribution < 1.29 is 0 Å². The van der Waals surface area contributed by atoms with Gasteiger partial charge in [0.25, 0.3) is 0 Å². The minimum atomic E-state index is 0.512. The van der Waals surface area contributed by atoms with Crippen LogP contribution in [0.3, 0.4) is 0 Å². The summed E-state index contributed by atoms with van der Waals surface area (Å²) in [6.45, 7) is 0. The van der Waals surface area contributed by atoms with Gasteiger partial charge in [-0.2, -0.15) is 9.97 Å². The van der Waals surface area contributed by atoms with Crippen molar-refractivity contribution in [2.45, 2.75) is 0 Å². The van der Waals surface area contributed by atoms with Gasteiger partial charge in [0.15, 0.2) is 29.1 Å². The molecular formula is C60H38N8. The Kier molecular flexibility index (Phi) is 9.31. The molecule has 4 heterocycles. The van der Waals surface area contributed by atoms with Crippen LogP contribution in [-0.4, -0.2) is 39.0 Å². The summed E-state index contributed by atoms with van der Waals surface area (Å²) < 4.78 is 4.61. The second kappa shape index (κ2) is 16.2. The molecule has 0 saturated carbocycles. The van der Waals surface area contributed by atoms with Crippen molar-refractivity contribution in [1.82, 2.24) is 39.0 Å². The van der Waals surface area contributed by atoms with Crippen LogP contribution in [0.15, 0.2) is 231 Å². The van der Waals surface area contributed by atoms with Gasteiger partial charge in [-0.05, 0) is 35.4 Å². The van der Waals surface area contributed by atoms with E-state index in [1.165, 1.54) is 0 Å². The number of rotatable bonds is 8. The van der Waals surface area contributed by atoms with Gasteiger partial charge < -0.3 is 4.57 Å². The van der Waals surface area contributed by atoms with Crippen molar-refractivity contribution in [2.24, 2.45) is 0 Å². The number of para-hydroxylation sites is 3. The number of fused-ring (bicyclic) bond motifs is 7. The second-order valence-electron chi connectivity index (χ2n) is 16.7. The molecule has 0 unspecified atom stereocenters. The lowest BCUT2D eigenvalue weighted by Gasteiger charge is -2.16. The van der Waals surface area contributed by atoms with Crippen LogP contribution in [0.4, 0.5) is 0 Å². The Labute approximate surface area is 391 Å². The summed E-state index contributed by atoms with van der Waals surface area (Å²) in [4.78, 5) is 31.6. The fraction of sp³-hybridized carbons (Fsp3) is 0. The van der Waals surface area contributed by atoms with E-state index in [-0.39, 0.29) is 0 Å². The maximum Gasteiger partial charge on any atom is 0.238 e. The van der Waals surface area contributed by atoms with E-state index in [9.17, 15) is 0 Å². The van der Waals surface area contributed by atoms with E-state index >= 15 is 0 Å². The molecule has 0 radical (unpaired) electrons. The molecule has 8 heteroatoms. The number of benzene rings is 9.